The third-order valence-electron chi connectivity index (χ3n) is 1.94. The molecule has 0 saturated heterocycles. The Bertz CT molecular complexity index is 417. The Balaban J connectivity index is 2.81. The van der Waals surface area contributed by atoms with Gasteiger partial charge in [0.15, 0.2) is 0 Å². The Labute approximate surface area is 92.4 Å². The van der Waals surface area contributed by atoms with Crippen LogP contribution in [0.2, 0.25) is 0 Å². The quantitative estimate of drug-likeness (QED) is 0.438. The van der Waals surface area contributed by atoms with Gasteiger partial charge in [0, 0.05) is 6.07 Å². The lowest BCUT2D eigenvalue weighted by atomic mass is 10.2. The van der Waals surface area contributed by atoms with Crippen LogP contribution in [0.5, 0.6) is 0 Å². The Morgan fingerprint density at radius 2 is 2.25 bits per heavy atom. The molecular formula is C10H12N2O4. The average Bonchev–Trinajstić information content (AvgIpc) is 2.17. The first-order valence-corrected chi connectivity index (χ1v) is 4.81. The molecule has 0 amide bonds. The van der Waals surface area contributed by atoms with Gasteiger partial charge in [-0.1, -0.05) is 0 Å². The van der Waals surface area contributed by atoms with Gasteiger partial charge < -0.3 is 4.74 Å². The first kappa shape index (κ1) is 12.1. The van der Waals surface area contributed by atoms with E-state index < -0.39 is 4.92 Å². The molecule has 1 heterocycles. The topological polar surface area (TPSA) is 82.3 Å². The van der Waals surface area contributed by atoms with E-state index in [-0.39, 0.29) is 18.1 Å². The predicted molar refractivity (Wildman–Crippen MR) is 56.0 cm³/mol. The van der Waals surface area contributed by atoms with Gasteiger partial charge in [-0.15, -0.1) is 0 Å². The fourth-order valence-corrected chi connectivity index (χ4v) is 1.26. The van der Waals surface area contributed by atoms with E-state index in [9.17, 15) is 14.9 Å². The number of ether oxygens (including phenoxy) is 1. The second kappa shape index (κ2) is 5.20. The maximum atomic E-state index is 11.1. The molecule has 6 nitrogen and oxygen atoms in total. The zero-order valence-electron chi connectivity index (χ0n) is 9.10. The SMILES string of the molecule is CCOC(=O)Cc1ccc([N+](=O)[O-])c(C)n1. The van der Waals surface area contributed by atoms with Gasteiger partial charge in [-0.2, -0.15) is 0 Å². The molecular weight excluding hydrogens is 212 g/mol. The van der Waals surface area contributed by atoms with E-state index in [0.29, 0.717) is 18.0 Å². The van der Waals surface area contributed by atoms with Gasteiger partial charge in [0.2, 0.25) is 0 Å². The number of esters is 1. The summed E-state index contributed by atoms with van der Waals surface area (Å²) in [5, 5.41) is 10.5. The number of carbonyl (C=O) groups excluding carboxylic acids is 1. The second-order valence-electron chi connectivity index (χ2n) is 3.15. The lowest BCUT2D eigenvalue weighted by Gasteiger charge is -2.02. The summed E-state index contributed by atoms with van der Waals surface area (Å²) >= 11 is 0. The smallest absolute Gasteiger partial charge is 0.311 e. The molecule has 0 aliphatic rings. The number of hydrogen-bond acceptors (Lipinski definition) is 5. The average molecular weight is 224 g/mol. The van der Waals surface area contributed by atoms with Crippen molar-refractivity contribution in [2.45, 2.75) is 20.3 Å². The fourth-order valence-electron chi connectivity index (χ4n) is 1.26. The highest BCUT2D eigenvalue weighted by atomic mass is 16.6. The van der Waals surface area contributed by atoms with E-state index in [1.165, 1.54) is 19.1 Å². The zero-order chi connectivity index (χ0) is 12.1. The summed E-state index contributed by atoms with van der Waals surface area (Å²) in [4.78, 5) is 25.1. The number of rotatable bonds is 4. The molecule has 16 heavy (non-hydrogen) atoms. The van der Waals surface area contributed by atoms with Crippen LogP contribution in [0.4, 0.5) is 5.69 Å². The van der Waals surface area contributed by atoms with Crippen LogP contribution in [0.15, 0.2) is 12.1 Å². The largest absolute Gasteiger partial charge is 0.466 e. The summed E-state index contributed by atoms with van der Waals surface area (Å²) < 4.78 is 4.75. The molecule has 1 aromatic rings. The van der Waals surface area contributed by atoms with Crippen LogP contribution in [-0.2, 0) is 16.0 Å². The van der Waals surface area contributed by atoms with Crippen molar-refractivity contribution in [1.82, 2.24) is 4.98 Å². The van der Waals surface area contributed by atoms with Crippen molar-refractivity contribution in [2.24, 2.45) is 0 Å². The molecule has 1 aromatic heterocycles. The van der Waals surface area contributed by atoms with Gasteiger partial charge in [-0.3, -0.25) is 19.9 Å². The molecule has 0 unspecified atom stereocenters. The summed E-state index contributed by atoms with van der Waals surface area (Å²) in [5.74, 6) is -0.386. The standard InChI is InChI=1S/C10H12N2O4/c1-3-16-10(13)6-8-4-5-9(12(14)15)7(2)11-8/h4-5H,3,6H2,1-2H3. The first-order valence-electron chi connectivity index (χ1n) is 4.81. The van der Waals surface area contributed by atoms with Gasteiger partial charge in [0.25, 0.3) is 5.69 Å². The molecule has 6 heteroatoms. The molecule has 0 aliphatic carbocycles. The van der Waals surface area contributed by atoms with Crippen molar-refractivity contribution >= 4 is 11.7 Å². The van der Waals surface area contributed by atoms with Crippen molar-refractivity contribution < 1.29 is 14.5 Å². The van der Waals surface area contributed by atoms with E-state index in [4.69, 9.17) is 4.74 Å². The Morgan fingerprint density at radius 3 is 2.75 bits per heavy atom. The number of hydrogen-bond donors (Lipinski definition) is 0. The van der Waals surface area contributed by atoms with E-state index in [1.54, 1.807) is 6.92 Å². The number of carbonyl (C=O) groups is 1. The fraction of sp³-hybridized carbons (Fsp3) is 0.400. The van der Waals surface area contributed by atoms with Crippen molar-refractivity contribution in [1.29, 1.82) is 0 Å². The van der Waals surface area contributed by atoms with Gasteiger partial charge in [0.05, 0.1) is 23.6 Å². The highest BCUT2D eigenvalue weighted by Gasteiger charge is 2.13. The predicted octanol–water partition coefficient (Wildman–Crippen LogP) is 1.40. The van der Waals surface area contributed by atoms with Crippen LogP contribution in [0.3, 0.4) is 0 Å². The summed E-state index contributed by atoms with van der Waals surface area (Å²) in [6, 6.07) is 2.80. The number of aromatic nitrogens is 1. The molecule has 0 N–H and O–H groups in total. The van der Waals surface area contributed by atoms with Crippen molar-refractivity contribution in [3.63, 3.8) is 0 Å². The second-order valence-corrected chi connectivity index (χ2v) is 3.15. The molecule has 1 rings (SSSR count). The number of nitrogens with zero attached hydrogens (tertiary/aromatic N) is 2. The molecule has 0 saturated carbocycles. The first-order chi connectivity index (χ1) is 7.54. The monoisotopic (exact) mass is 224 g/mol. The van der Waals surface area contributed by atoms with Crippen LogP contribution in [0.25, 0.3) is 0 Å². The number of pyridine rings is 1. The minimum atomic E-state index is -0.503. The van der Waals surface area contributed by atoms with Gasteiger partial charge >= 0.3 is 5.97 Å². The van der Waals surface area contributed by atoms with E-state index in [1.807, 2.05) is 0 Å². The van der Waals surface area contributed by atoms with Gasteiger partial charge in [-0.25, -0.2) is 0 Å². The Kier molecular flexibility index (Phi) is 3.93. The number of aryl methyl sites for hydroxylation is 1. The van der Waals surface area contributed by atoms with Crippen molar-refractivity contribution in [3.8, 4) is 0 Å². The molecule has 0 fully saturated rings. The normalized spacial score (nSPS) is 9.88. The summed E-state index contributed by atoms with van der Waals surface area (Å²) in [5.41, 5.74) is 0.723. The van der Waals surface area contributed by atoms with Crippen molar-refractivity contribution in [2.75, 3.05) is 6.61 Å². The Morgan fingerprint density at radius 1 is 1.56 bits per heavy atom. The summed E-state index contributed by atoms with van der Waals surface area (Å²) in [6.45, 7) is 3.56. The molecule has 0 radical (unpaired) electrons. The van der Waals surface area contributed by atoms with Crippen LogP contribution < -0.4 is 0 Å². The molecule has 86 valence electrons. The summed E-state index contributed by atoms with van der Waals surface area (Å²) in [7, 11) is 0. The van der Waals surface area contributed by atoms with Crippen LogP contribution in [0, 0.1) is 17.0 Å². The highest BCUT2D eigenvalue weighted by molar-refractivity contribution is 5.72. The Hall–Kier alpha value is -1.98. The van der Waals surface area contributed by atoms with Gasteiger partial charge in [-0.05, 0) is 19.9 Å². The molecule has 0 atom stereocenters. The number of nitro groups is 1. The van der Waals surface area contributed by atoms with Crippen molar-refractivity contribution in [3.05, 3.63) is 33.6 Å². The molecule has 0 spiro atoms. The molecule has 0 aliphatic heterocycles. The third kappa shape index (κ3) is 3.01. The highest BCUT2D eigenvalue weighted by Crippen LogP contribution is 2.15. The minimum absolute atomic E-state index is 0.0344. The molecule has 0 bridgehead atoms. The molecule has 0 aromatic carbocycles. The van der Waals surface area contributed by atoms with E-state index in [0.717, 1.165) is 0 Å². The lowest BCUT2D eigenvalue weighted by molar-refractivity contribution is -0.385. The summed E-state index contributed by atoms with van der Waals surface area (Å²) in [6.07, 6.45) is 0.0344. The minimum Gasteiger partial charge on any atom is -0.466 e. The van der Waals surface area contributed by atoms with E-state index in [2.05, 4.69) is 4.98 Å². The van der Waals surface area contributed by atoms with Crippen LogP contribution >= 0.6 is 0 Å². The lowest BCUT2D eigenvalue weighted by Crippen LogP contribution is -2.09. The van der Waals surface area contributed by atoms with E-state index >= 15 is 0 Å². The maximum Gasteiger partial charge on any atom is 0.311 e. The van der Waals surface area contributed by atoms with Crippen LogP contribution in [0.1, 0.15) is 18.3 Å². The maximum absolute atomic E-state index is 11.1. The van der Waals surface area contributed by atoms with Gasteiger partial charge in [0.1, 0.15) is 5.69 Å². The van der Waals surface area contributed by atoms with Crippen LogP contribution in [-0.4, -0.2) is 22.5 Å². The third-order valence-corrected chi connectivity index (χ3v) is 1.94. The zero-order valence-corrected chi connectivity index (χ0v) is 9.10.